The van der Waals surface area contributed by atoms with E-state index in [1.165, 1.54) is 12.3 Å². The Labute approximate surface area is 125 Å². The van der Waals surface area contributed by atoms with Gasteiger partial charge in [-0.05, 0) is 24.3 Å². The number of nitrogens with one attached hydrogen (secondary N) is 2. The summed E-state index contributed by atoms with van der Waals surface area (Å²) in [6.45, 7) is 0.301. The number of aromatic hydroxyl groups is 3. The predicted octanol–water partition coefficient (Wildman–Crippen LogP) is 0.556. The molecule has 1 aromatic carbocycles. The summed E-state index contributed by atoms with van der Waals surface area (Å²) in [4.78, 5) is 23.3. The molecule has 0 aliphatic heterocycles. The quantitative estimate of drug-likeness (QED) is 0.405. The van der Waals surface area contributed by atoms with Crippen LogP contribution in [0.5, 0.6) is 17.2 Å². The van der Waals surface area contributed by atoms with E-state index in [0.29, 0.717) is 0 Å². The molecule has 22 heavy (non-hydrogen) atoms. The summed E-state index contributed by atoms with van der Waals surface area (Å²) in [6.07, 6.45) is 1.38. The Balaban J connectivity index is 1.82. The zero-order valence-electron chi connectivity index (χ0n) is 11.4. The Kier molecular flexibility index (Phi) is 4.52. The van der Waals surface area contributed by atoms with Gasteiger partial charge in [-0.25, -0.2) is 0 Å². The van der Waals surface area contributed by atoms with Crippen LogP contribution in [0, 0.1) is 0 Å². The van der Waals surface area contributed by atoms with Crippen molar-refractivity contribution < 1.29 is 29.3 Å². The van der Waals surface area contributed by atoms with E-state index in [0.717, 1.165) is 12.1 Å². The van der Waals surface area contributed by atoms with Crippen LogP contribution in [-0.2, 0) is 0 Å². The molecule has 1 aromatic heterocycles. The van der Waals surface area contributed by atoms with E-state index in [1.54, 1.807) is 6.07 Å². The second-order valence-electron chi connectivity index (χ2n) is 4.35. The Morgan fingerprint density at radius 1 is 1.00 bits per heavy atom. The lowest BCUT2D eigenvalue weighted by atomic mass is 10.1. The summed E-state index contributed by atoms with van der Waals surface area (Å²) in [5, 5.41) is 32.9. The van der Waals surface area contributed by atoms with Gasteiger partial charge in [0.25, 0.3) is 11.8 Å². The van der Waals surface area contributed by atoms with Crippen molar-refractivity contribution in [3.8, 4) is 17.2 Å². The van der Waals surface area contributed by atoms with Gasteiger partial charge in [-0.3, -0.25) is 9.59 Å². The number of hydrogen-bond acceptors (Lipinski definition) is 6. The highest BCUT2D eigenvalue weighted by molar-refractivity contribution is 5.95. The Hall–Kier alpha value is -3.16. The van der Waals surface area contributed by atoms with Gasteiger partial charge in [-0.2, -0.15) is 0 Å². The minimum Gasteiger partial charge on any atom is -0.504 e. The van der Waals surface area contributed by atoms with Gasteiger partial charge in [0.05, 0.1) is 6.26 Å². The van der Waals surface area contributed by atoms with Gasteiger partial charge in [-0.15, -0.1) is 0 Å². The molecule has 2 rings (SSSR count). The van der Waals surface area contributed by atoms with Crippen LogP contribution in [0.25, 0.3) is 0 Å². The molecule has 8 nitrogen and oxygen atoms in total. The number of phenols is 3. The van der Waals surface area contributed by atoms with Gasteiger partial charge in [-0.1, -0.05) is 0 Å². The smallest absolute Gasteiger partial charge is 0.287 e. The van der Waals surface area contributed by atoms with Crippen LogP contribution in [0.2, 0.25) is 0 Å². The van der Waals surface area contributed by atoms with Gasteiger partial charge in [0.1, 0.15) is 0 Å². The molecule has 0 saturated heterocycles. The van der Waals surface area contributed by atoms with E-state index in [1.807, 2.05) is 0 Å². The third-order valence-electron chi connectivity index (χ3n) is 2.77. The molecule has 0 radical (unpaired) electrons. The first kappa shape index (κ1) is 15.2. The molecule has 0 aliphatic rings. The molecule has 0 spiro atoms. The number of benzene rings is 1. The number of carbonyl (C=O) groups is 2. The van der Waals surface area contributed by atoms with Gasteiger partial charge in [0, 0.05) is 18.7 Å². The highest BCUT2D eigenvalue weighted by atomic mass is 16.3. The first-order valence-corrected chi connectivity index (χ1v) is 6.34. The maximum atomic E-state index is 11.8. The van der Waals surface area contributed by atoms with Crippen LogP contribution in [0.4, 0.5) is 0 Å². The van der Waals surface area contributed by atoms with Crippen molar-refractivity contribution >= 4 is 11.8 Å². The number of hydrogen-bond donors (Lipinski definition) is 5. The Morgan fingerprint density at radius 2 is 1.59 bits per heavy atom. The lowest BCUT2D eigenvalue weighted by Crippen LogP contribution is -2.34. The van der Waals surface area contributed by atoms with Crippen molar-refractivity contribution in [1.82, 2.24) is 10.6 Å². The maximum Gasteiger partial charge on any atom is 0.287 e. The minimum atomic E-state index is -0.692. The summed E-state index contributed by atoms with van der Waals surface area (Å²) in [5.74, 6) is -2.70. The SMILES string of the molecule is O=C(NCCNC(=O)c1ccco1)c1cc(O)c(O)c(O)c1. The summed E-state index contributed by atoms with van der Waals surface area (Å²) in [6, 6.07) is 5.13. The van der Waals surface area contributed by atoms with Gasteiger partial charge >= 0.3 is 0 Å². The molecule has 1 heterocycles. The molecule has 0 atom stereocenters. The second-order valence-corrected chi connectivity index (χ2v) is 4.35. The minimum absolute atomic E-state index is 0.0230. The molecule has 0 unspecified atom stereocenters. The van der Waals surface area contributed by atoms with Crippen molar-refractivity contribution in [2.45, 2.75) is 0 Å². The normalized spacial score (nSPS) is 10.2. The van der Waals surface area contributed by atoms with Crippen molar-refractivity contribution in [3.63, 3.8) is 0 Å². The Bertz CT molecular complexity index is 658. The summed E-state index contributed by atoms with van der Waals surface area (Å²) < 4.78 is 4.90. The molecular formula is C14H14N2O6. The summed E-state index contributed by atoms with van der Waals surface area (Å²) in [5.41, 5.74) is -0.0230. The first-order chi connectivity index (χ1) is 10.5. The standard InChI is InChI=1S/C14H14N2O6/c17-9-6-8(7-10(18)12(9)19)13(20)15-3-4-16-14(21)11-2-1-5-22-11/h1-2,5-7,17-19H,3-4H2,(H,15,20)(H,16,21). The van der Waals surface area contributed by atoms with Crippen LogP contribution in [-0.4, -0.2) is 40.2 Å². The van der Waals surface area contributed by atoms with Crippen LogP contribution < -0.4 is 10.6 Å². The largest absolute Gasteiger partial charge is 0.504 e. The summed E-state index contributed by atoms with van der Waals surface area (Å²) in [7, 11) is 0. The lowest BCUT2D eigenvalue weighted by Gasteiger charge is -2.08. The van der Waals surface area contributed by atoms with Crippen LogP contribution in [0.15, 0.2) is 34.9 Å². The highest BCUT2D eigenvalue weighted by Crippen LogP contribution is 2.35. The fraction of sp³-hybridized carbons (Fsp3) is 0.143. The number of furan rings is 1. The van der Waals surface area contributed by atoms with Crippen LogP contribution >= 0.6 is 0 Å². The van der Waals surface area contributed by atoms with E-state index in [-0.39, 0.29) is 24.4 Å². The molecule has 2 amide bonds. The fourth-order valence-electron chi connectivity index (χ4n) is 1.68. The molecule has 116 valence electrons. The van der Waals surface area contributed by atoms with Crippen molar-refractivity contribution in [1.29, 1.82) is 0 Å². The topological polar surface area (TPSA) is 132 Å². The molecule has 8 heteroatoms. The molecule has 2 aromatic rings. The zero-order valence-corrected chi connectivity index (χ0v) is 11.4. The predicted molar refractivity (Wildman–Crippen MR) is 74.8 cm³/mol. The number of rotatable bonds is 5. The number of amides is 2. The maximum absolute atomic E-state index is 11.8. The van der Waals surface area contributed by atoms with Gasteiger partial charge in [0.15, 0.2) is 23.0 Å². The van der Waals surface area contributed by atoms with Crippen molar-refractivity contribution in [2.75, 3.05) is 13.1 Å². The molecule has 0 fully saturated rings. The monoisotopic (exact) mass is 306 g/mol. The third kappa shape index (κ3) is 3.48. The van der Waals surface area contributed by atoms with Crippen LogP contribution in [0.3, 0.4) is 0 Å². The van der Waals surface area contributed by atoms with Crippen molar-refractivity contribution in [2.24, 2.45) is 0 Å². The second kappa shape index (κ2) is 6.53. The van der Waals surface area contributed by atoms with E-state index in [2.05, 4.69) is 10.6 Å². The van der Waals surface area contributed by atoms with E-state index >= 15 is 0 Å². The van der Waals surface area contributed by atoms with E-state index < -0.39 is 29.1 Å². The van der Waals surface area contributed by atoms with E-state index in [9.17, 15) is 24.9 Å². The lowest BCUT2D eigenvalue weighted by molar-refractivity contribution is 0.0910. The average Bonchev–Trinajstić information content (AvgIpc) is 3.02. The first-order valence-electron chi connectivity index (χ1n) is 6.34. The van der Waals surface area contributed by atoms with Gasteiger partial charge < -0.3 is 30.4 Å². The average molecular weight is 306 g/mol. The molecule has 0 aliphatic carbocycles. The zero-order chi connectivity index (χ0) is 16.1. The molecule has 5 N–H and O–H groups in total. The molecule has 0 bridgehead atoms. The Morgan fingerprint density at radius 3 is 2.14 bits per heavy atom. The fourth-order valence-corrected chi connectivity index (χ4v) is 1.68. The number of phenolic OH excluding ortho intramolecular Hbond substituents is 3. The van der Waals surface area contributed by atoms with Crippen molar-refractivity contribution in [3.05, 3.63) is 41.9 Å². The summed E-state index contributed by atoms with van der Waals surface area (Å²) >= 11 is 0. The van der Waals surface area contributed by atoms with Crippen LogP contribution in [0.1, 0.15) is 20.9 Å². The number of carbonyl (C=O) groups excluding carboxylic acids is 2. The third-order valence-corrected chi connectivity index (χ3v) is 2.77. The highest BCUT2D eigenvalue weighted by Gasteiger charge is 2.13. The molecule has 0 saturated carbocycles. The molecular weight excluding hydrogens is 292 g/mol. The van der Waals surface area contributed by atoms with E-state index in [4.69, 9.17) is 4.42 Å². The van der Waals surface area contributed by atoms with Gasteiger partial charge in [0.2, 0.25) is 0 Å².